The zero-order chi connectivity index (χ0) is 14.2. The van der Waals surface area contributed by atoms with Crippen molar-refractivity contribution in [2.24, 2.45) is 11.8 Å². The molecule has 4 rings (SSSR count). The molecule has 0 bridgehead atoms. The number of nitrogens with zero attached hydrogens (tertiary/aromatic N) is 5. The highest BCUT2D eigenvalue weighted by Gasteiger charge is 2.40. The zero-order valence-electron chi connectivity index (χ0n) is 11.5. The number of anilines is 1. The topological polar surface area (TPSA) is 45.2 Å². The predicted octanol–water partition coefficient (Wildman–Crippen LogP) is 1.64. The molecule has 0 radical (unpaired) electrons. The van der Waals surface area contributed by atoms with Crippen LogP contribution in [0.25, 0.3) is 0 Å². The lowest BCUT2D eigenvalue weighted by atomic mass is 10.0. The Morgan fingerprint density at radius 1 is 1.10 bits per heavy atom. The molecule has 2 aromatic rings. The second-order valence-electron chi connectivity index (χ2n) is 5.75. The van der Waals surface area contributed by atoms with Crippen LogP contribution < -0.4 is 4.90 Å². The molecule has 2 atom stereocenters. The van der Waals surface area contributed by atoms with Gasteiger partial charge < -0.3 is 4.90 Å². The first-order valence-corrected chi connectivity index (χ1v) is 7.99. The van der Waals surface area contributed by atoms with Crippen LogP contribution in [-0.2, 0) is 6.54 Å². The number of rotatable bonds is 3. The van der Waals surface area contributed by atoms with Crippen molar-refractivity contribution in [2.75, 3.05) is 31.1 Å². The van der Waals surface area contributed by atoms with E-state index in [9.17, 15) is 4.39 Å². The number of likely N-dealkylation sites (tertiary alicyclic amines) is 1. The second-order valence-corrected chi connectivity index (χ2v) is 6.73. The predicted molar refractivity (Wildman–Crippen MR) is 78.6 cm³/mol. The van der Waals surface area contributed by atoms with Gasteiger partial charge in [0.15, 0.2) is 5.82 Å². The van der Waals surface area contributed by atoms with E-state index in [0.717, 1.165) is 32.7 Å². The van der Waals surface area contributed by atoms with E-state index < -0.39 is 0 Å². The van der Waals surface area contributed by atoms with Crippen LogP contribution in [0.3, 0.4) is 0 Å². The van der Waals surface area contributed by atoms with Gasteiger partial charge >= 0.3 is 0 Å². The molecule has 21 heavy (non-hydrogen) atoms. The van der Waals surface area contributed by atoms with Crippen molar-refractivity contribution in [1.29, 1.82) is 0 Å². The summed E-state index contributed by atoms with van der Waals surface area (Å²) in [6, 6.07) is 0. The van der Waals surface area contributed by atoms with E-state index in [-0.39, 0.29) is 5.82 Å². The van der Waals surface area contributed by atoms with Gasteiger partial charge in [-0.05, 0) is 11.8 Å². The van der Waals surface area contributed by atoms with Gasteiger partial charge in [0.2, 0.25) is 5.95 Å². The largest absolute Gasteiger partial charge is 0.340 e. The fraction of sp³-hybridized carbons (Fsp3) is 0.500. The number of hydrogen-bond acceptors (Lipinski definition) is 6. The van der Waals surface area contributed by atoms with Gasteiger partial charge in [-0.3, -0.25) is 4.90 Å². The molecule has 0 aromatic carbocycles. The second kappa shape index (κ2) is 5.31. The summed E-state index contributed by atoms with van der Waals surface area (Å²) in [6.07, 6.45) is 4.35. The van der Waals surface area contributed by atoms with Gasteiger partial charge in [0.05, 0.1) is 18.9 Å². The van der Waals surface area contributed by atoms with Crippen molar-refractivity contribution >= 4 is 17.3 Å². The van der Waals surface area contributed by atoms with E-state index >= 15 is 0 Å². The Balaban J connectivity index is 1.38. The Labute approximate surface area is 126 Å². The van der Waals surface area contributed by atoms with Crippen LogP contribution in [0.15, 0.2) is 24.0 Å². The monoisotopic (exact) mass is 305 g/mol. The minimum absolute atomic E-state index is 0.382. The lowest BCUT2D eigenvalue weighted by molar-refractivity contribution is 0.308. The lowest BCUT2D eigenvalue weighted by Crippen LogP contribution is -2.29. The molecule has 2 saturated heterocycles. The Morgan fingerprint density at radius 3 is 2.43 bits per heavy atom. The first-order chi connectivity index (χ1) is 10.3. The standard InChI is InChI=1S/C14H16FN5S/c15-12-3-17-14(18-4-12)20-7-10-5-19(6-11(10)8-20)9-13-16-1-2-21-13/h1-4,10-11H,5-9H2/t10-,11+. The molecule has 4 heterocycles. The molecule has 110 valence electrons. The maximum Gasteiger partial charge on any atom is 0.225 e. The minimum Gasteiger partial charge on any atom is -0.340 e. The molecular formula is C14H16FN5S. The molecular weight excluding hydrogens is 289 g/mol. The van der Waals surface area contributed by atoms with Gasteiger partial charge in [-0.25, -0.2) is 19.3 Å². The van der Waals surface area contributed by atoms with Gasteiger partial charge in [0, 0.05) is 37.8 Å². The van der Waals surface area contributed by atoms with Gasteiger partial charge in [-0.15, -0.1) is 11.3 Å². The van der Waals surface area contributed by atoms with E-state index in [2.05, 4.69) is 24.8 Å². The van der Waals surface area contributed by atoms with E-state index in [4.69, 9.17) is 0 Å². The molecule has 7 heteroatoms. The Bertz CT molecular complexity index is 588. The number of hydrogen-bond donors (Lipinski definition) is 0. The molecule has 2 aromatic heterocycles. The fourth-order valence-electron chi connectivity index (χ4n) is 3.37. The zero-order valence-corrected chi connectivity index (χ0v) is 12.3. The Kier molecular flexibility index (Phi) is 3.31. The van der Waals surface area contributed by atoms with Gasteiger partial charge in [-0.1, -0.05) is 0 Å². The molecule has 0 saturated carbocycles. The number of thiazole rings is 1. The molecule has 2 aliphatic rings. The molecule has 0 amide bonds. The maximum atomic E-state index is 12.9. The minimum atomic E-state index is -0.382. The van der Waals surface area contributed by atoms with Crippen LogP contribution in [-0.4, -0.2) is 46.0 Å². The van der Waals surface area contributed by atoms with E-state index in [0.29, 0.717) is 17.8 Å². The molecule has 0 N–H and O–H groups in total. The SMILES string of the molecule is Fc1cnc(N2C[C@H]3CN(Cc4nccs4)C[C@H]3C2)nc1. The lowest BCUT2D eigenvalue weighted by Gasteiger charge is -2.20. The average molecular weight is 305 g/mol. The average Bonchev–Trinajstić information content (AvgIpc) is 3.16. The van der Waals surface area contributed by atoms with Crippen LogP contribution in [0.5, 0.6) is 0 Å². The van der Waals surface area contributed by atoms with Gasteiger partial charge in [0.25, 0.3) is 0 Å². The third-order valence-electron chi connectivity index (χ3n) is 4.29. The summed E-state index contributed by atoms with van der Waals surface area (Å²) in [5, 5.41) is 3.22. The number of fused-ring (bicyclic) bond motifs is 1. The highest BCUT2D eigenvalue weighted by molar-refractivity contribution is 7.09. The van der Waals surface area contributed by atoms with Gasteiger partial charge in [0.1, 0.15) is 5.01 Å². The van der Waals surface area contributed by atoms with E-state index in [1.165, 1.54) is 17.4 Å². The van der Waals surface area contributed by atoms with Crippen molar-refractivity contribution in [2.45, 2.75) is 6.54 Å². The maximum absolute atomic E-state index is 12.9. The Morgan fingerprint density at radius 2 is 1.81 bits per heavy atom. The molecule has 0 unspecified atom stereocenters. The summed E-state index contributed by atoms with van der Waals surface area (Å²) >= 11 is 1.72. The third kappa shape index (κ3) is 2.63. The van der Waals surface area contributed by atoms with Crippen LogP contribution in [0.4, 0.5) is 10.3 Å². The highest BCUT2D eigenvalue weighted by Crippen LogP contribution is 2.33. The summed E-state index contributed by atoms with van der Waals surface area (Å²) in [5.74, 6) is 1.57. The summed E-state index contributed by atoms with van der Waals surface area (Å²) in [7, 11) is 0. The van der Waals surface area contributed by atoms with Crippen LogP contribution in [0.2, 0.25) is 0 Å². The smallest absolute Gasteiger partial charge is 0.225 e. The van der Waals surface area contributed by atoms with Crippen molar-refractivity contribution < 1.29 is 4.39 Å². The highest BCUT2D eigenvalue weighted by atomic mass is 32.1. The molecule has 0 spiro atoms. The Hall–Kier alpha value is -1.60. The van der Waals surface area contributed by atoms with Crippen molar-refractivity contribution in [3.8, 4) is 0 Å². The van der Waals surface area contributed by atoms with Crippen LogP contribution in [0, 0.1) is 17.7 Å². The van der Waals surface area contributed by atoms with Crippen LogP contribution >= 0.6 is 11.3 Å². The summed E-state index contributed by atoms with van der Waals surface area (Å²) < 4.78 is 12.9. The quantitative estimate of drug-likeness (QED) is 0.862. The normalized spacial score (nSPS) is 25.5. The fourth-order valence-corrected chi connectivity index (χ4v) is 4.03. The van der Waals surface area contributed by atoms with E-state index in [1.54, 1.807) is 11.3 Å². The molecule has 2 aliphatic heterocycles. The third-order valence-corrected chi connectivity index (χ3v) is 5.06. The molecule has 0 aliphatic carbocycles. The molecule has 2 fully saturated rings. The van der Waals surface area contributed by atoms with Crippen molar-refractivity contribution in [3.63, 3.8) is 0 Å². The molecule has 5 nitrogen and oxygen atoms in total. The number of aromatic nitrogens is 3. The first kappa shape index (κ1) is 13.1. The summed E-state index contributed by atoms with van der Waals surface area (Å²) in [5.41, 5.74) is 0. The summed E-state index contributed by atoms with van der Waals surface area (Å²) in [4.78, 5) is 17.2. The van der Waals surface area contributed by atoms with Crippen molar-refractivity contribution in [1.82, 2.24) is 19.9 Å². The van der Waals surface area contributed by atoms with Crippen LogP contribution in [0.1, 0.15) is 5.01 Å². The summed E-state index contributed by atoms with van der Waals surface area (Å²) in [6.45, 7) is 5.08. The van der Waals surface area contributed by atoms with Gasteiger partial charge in [-0.2, -0.15) is 0 Å². The first-order valence-electron chi connectivity index (χ1n) is 7.11. The van der Waals surface area contributed by atoms with Crippen molar-refractivity contribution in [3.05, 3.63) is 34.8 Å². The van der Waals surface area contributed by atoms with E-state index in [1.807, 2.05) is 11.6 Å². The number of halogens is 1.